The van der Waals surface area contributed by atoms with Crippen LogP contribution in [0, 0.1) is 5.92 Å². The molecule has 1 N–H and O–H groups in total. The second-order valence-corrected chi connectivity index (χ2v) is 9.91. The van der Waals surface area contributed by atoms with Crippen molar-refractivity contribution >= 4 is 17.6 Å². The Balaban J connectivity index is 1.78. The average Bonchev–Trinajstić information content (AvgIpc) is 3.21. The van der Waals surface area contributed by atoms with Crippen LogP contribution in [0.3, 0.4) is 0 Å². The molecule has 0 bridgehead atoms. The molecule has 1 aliphatic carbocycles. The van der Waals surface area contributed by atoms with Crippen LogP contribution in [0.4, 0.5) is 5.82 Å². The summed E-state index contributed by atoms with van der Waals surface area (Å²) in [6.45, 7) is 9.13. The minimum absolute atomic E-state index is 0.0655. The monoisotopic (exact) mass is 438 g/mol. The number of carbonyl (C=O) groups is 2. The number of rotatable bonds is 8. The predicted molar refractivity (Wildman–Crippen MR) is 129 cm³/mol. The number of para-hydroxylation sites is 1. The van der Waals surface area contributed by atoms with Gasteiger partial charge in [0, 0.05) is 23.9 Å². The molecule has 32 heavy (non-hydrogen) atoms. The third kappa shape index (κ3) is 6.21. The Labute approximate surface area is 192 Å². The SMILES string of the molecule is CCCCN(CC(=O)Nc1cc(C(C)(C)C)nn1-c1ccccc1)C(=O)C1CCCCC1. The summed E-state index contributed by atoms with van der Waals surface area (Å²) >= 11 is 0. The van der Waals surface area contributed by atoms with E-state index in [2.05, 4.69) is 33.0 Å². The zero-order valence-electron chi connectivity index (χ0n) is 20.1. The Morgan fingerprint density at radius 2 is 1.81 bits per heavy atom. The van der Waals surface area contributed by atoms with Crippen molar-refractivity contribution in [2.45, 2.75) is 78.1 Å². The van der Waals surface area contributed by atoms with Crippen LogP contribution in [0.25, 0.3) is 5.69 Å². The van der Waals surface area contributed by atoms with Crippen molar-refractivity contribution in [2.24, 2.45) is 5.92 Å². The molecule has 3 rings (SSSR count). The number of anilines is 1. The lowest BCUT2D eigenvalue weighted by Crippen LogP contribution is -2.42. The number of nitrogens with one attached hydrogen (secondary N) is 1. The van der Waals surface area contributed by atoms with Crippen LogP contribution < -0.4 is 5.32 Å². The third-order valence-electron chi connectivity index (χ3n) is 6.13. The average molecular weight is 439 g/mol. The van der Waals surface area contributed by atoms with Crippen LogP contribution in [0.1, 0.15) is 78.3 Å². The van der Waals surface area contributed by atoms with Crippen molar-refractivity contribution < 1.29 is 9.59 Å². The summed E-state index contributed by atoms with van der Waals surface area (Å²) in [4.78, 5) is 28.0. The summed E-state index contributed by atoms with van der Waals surface area (Å²) in [5, 5.41) is 7.80. The highest BCUT2D eigenvalue weighted by molar-refractivity contribution is 5.94. The molecule has 6 heteroatoms. The molecule has 2 amide bonds. The Bertz CT molecular complexity index is 892. The number of benzene rings is 1. The van der Waals surface area contributed by atoms with E-state index >= 15 is 0 Å². The maximum absolute atomic E-state index is 13.1. The molecule has 0 atom stereocenters. The summed E-state index contributed by atoms with van der Waals surface area (Å²) in [6, 6.07) is 11.7. The molecule has 0 aliphatic heterocycles. The standard InChI is InChI=1S/C26H38N4O2/c1-5-6-17-29(25(32)20-13-9-7-10-14-20)19-24(31)27-23-18-22(26(2,3)4)28-30(23)21-15-11-8-12-16-21/h8,11-12,15-16,18,20H,5-7,9-10,13-14,17,19H2,1-4H3,(H,27,31). The Hall–Kier alpha value is -2.63. The van der Waals surface area contributed by atoms with E-state index in [1.54, 1.807) is 9.58 Å². The minimum atomic E-state index is -0.178. The van der Waals surface area contributed by atoms with E-state index in [0.717, 1.165) is 49.9 Å². The van der Waals surface area contributed by atoms with E-state index in [1.165, 1.54) is 6.42 Å². The molecule has 1 heterocycles. The molecule has 174 valence electrons. The topological polar surface area (TPSA) is 67.2 Å². The van der Waals surface area contributed by atoms with E-state index in [9.17, 15) is 9.59 Å². The summed E-state index contributed by atoms with van der Waals surface area (Å²) < 4.78 is 1.78. The van der Waals surface area contributed by atoms with Crippen molar-refractivity contribution in [1.82, 2.24) is 14.7 Å². The van der Waals surface area contributed by atoms with Gasteiger partial charge < -0.3 is 10.2 Å². The first-order valence-electron chi connectivity index (χ1n) is 12.0. The van der Waals surface area contributed by atoms with Gasteiger partial charge in [0.05, 0.1) is 17.9 Å². The highest BCUT2D eigenvalue weighted by atomic mass is 16.2. The highest BCUT2D eigenvalue weighted by Gasteiger charge is 2.28. The second kappa shape index (κ2) is 10.8. The smallest absolute Gasteiger partial charge is 0.245 e. The van der Waals surface area contributed by atoms with Gasteiger partial charge in [-0.25, -0.2) is 4.68 Å². The van der Waals surface area contributed by atoms with Gasteiger partial charge in [-0.1, -0.05) is 71.6 Å². The number of hydrogen-bond donors (Lipinski definition) is 1. The van der Waals surface area contributed by atoms with E-state index in [0.29, 0.717) is 12.4 Å². The normalized spacial score (nSPS) is 14.9. The lowest BCUT2D eigenvalue weighted by molar-refractivity contribution is -0.139. The molecule has 0 radical (unpaired) electrons. The largest absolute Gasteiger partial charge is 0.333 e. The van der Waals surface area contributed by atoms with Crippen molar-refractivity contribution in [2.75, 3.05) is 18.4 Å². The summed E-state index contributed by atoms with van der Waals surface area (Å²) in [7, 11) is 0. The van der Waals surface area contributed by atoms with Gasteiger partial charge in [0.15, 0.2) is 0 Å². The Morgan fingerprint density at radius 1 is 1.12 bits per heavy atom. The van der Waals surface area contributed by atoms with Gasteiger partial charge in [0.1, 0.15) is 5.82 Å². The quantitative estimate of drug-likeness (QED) is 0.607. The number of nitrogens with zero attached hydrogens (tertiary/aromatic N) is 3. The number of aromatic nitrogens is 2. The summed E-state index contributed by atoms with van der Waals surface area (Å²) in [5.74, 6) is 0.658. The van der Waals surface area contributed by atoms with Crippen LogP contribution >= 0.6 is 0 Å². The number of amides is 2. The van der Waals surface area contributed by atoms with Crippen LogP contribution in [0.5, 0.6) is 0 Å². The van der Waals surface area contributed by atoms with Gasteiger partial charge in [-0.05, 0) is 31.4 Å². The molecule has 1 saturated carbocycles. The lowest BCUT2D eigenvalue weighted by atomic mass is 9.88. The molecule has 0 unspecified atom stereocenters. The molecule has 2 aromatic rings. The first kappa shape index (κ1) is 24.0. The van der Waals surface area contributed by atoms with E-state index in [4.69, 9.17) is 5.10 Å². The summed E-state index contributed by atoms with van der Waals surface area (Å²) in [6.07, 6.45) is 7.20. The van der Waals surface area contributed by atoms with Crippen LogP contribution in [0.15, 0.2) is 36.4 Å². The third-order valence-corrected chi connectivity index (χ3v) is 6.13. The maximum atomic E-state index is 13.1. The fourth-order valence-corrected chi connectivity index (χ4v) is 4.18. The predicted octanol–water partition coefficient (Wildman–Crippen LogP) is 5.32. The number of carbonyl (C=O) groups excluding carboxylic acids is 2. The first-order chi connectivity index (χ1) is 15.3. The Kier molecular flexibility index (Phi) is 8.10. The van der Waals surface area contributed by atoms with Crippen LogP contribution in [-0.4, -0.2) is 39.6 Å². The fraction of sp³-hybridized carbons (Fsp3) is 0.577. The minimum Gasteiger partial charge on any atom is -0.333 e. The number of unbranched alkanes of at least 4 members (excludes halogenated alkanes) is 1. The summed E-state index contributed by atoms with van der Waals surface area (Å²) in [5.41, 5.74) is 1.64. The van der Waals surface area contributed by atoms with Crippen molar-refractivity contribution in [3.05, 3.63) is 42.1 Å². The number of hydrogen-bond acceptors (Lipinski definition) is 3. The first-order valence-corrected chi connectivity index (χ1v) is 12.0. The Morgan fingerprint density at radius 3 is 2.44 bits per heavy atom. The molecule has 1 aliphatic rings. The van der Waals surface area contributed by atoms with E-state index in [1.807, 2.05) is 36.4 Å². The maximum Gasteiger partial charge on any atom is 0.245 e. The molecule has 0 saturated heterocycles. The molecular weight excluding hydrogens is 400 g/mol. The molecule has 1 aromatic heterocycles. The van der Waals surface area contributed by atoms with Gasteiger partial charge in [-0.15, -0.1) is 0 Å². The second-order valence-electron chi connectivity index (χ2n) is 9.91. The van der Waals surface area contributed by atoms with Gasteiger partial charge in [0.2, 0.25) is 11.8 Å². The zero-order valence-corrected chi connectivity index (χ0v) is 20.1. The van der Waals surface area contributed by atoms with E-state index < -0.39 is 0 Å². The van der Waals surface area contributed by atoms with Crippen molar-refractivity contribution in [3.8, 4) is 5.69 Å². The molecule has 0 spiro atoms. The van der Waals surface area contributed by atoms with Gasteiger partial charge >= 0.3 is 0 Å². The molecule has 6 nitrogen and oxygen atoms in total. The van der Waals surface area contributed by atoms with Crippen LogP contribution in [-0.2, 0) is 15.0 Å². The van der Waals surface area contributed by atoms with Gasteiger partial charge in [0.25, 0.3) is 0 Å². The highest BCUT2D eigenvalue weighted by Crippen LogP contribution is 2.27. The molecule has 1 fully saturated rings. The van der Waals surface area contributed by atoms with Crippen molar-refractivity contribution in [1.29, 1.82) is 0 Å². The lowest BCUT2D eigenvalue weighted by Gasteiger charge is -2.29. The van der Waals surface area contributed by atoms with Crippen molar-refractivity contribution in [3.63, 3.8) is 0 Å². The van der Waals surface area contributed by atoms with Crippen LogP contribution in [0.2, 0.25) is 0 Å². The molecular formula is C26H38N4O2. The van der Waals surface area contributed by atoms with Gasteiger partial charge in [-0.3, -0.25) is 9.59 Å². The fourth-order valence-electron chi connectivity index (χ4n) is 4.18. The zero-order chi connectivity index (χ0) is 23.1. The molecule has 1 aromatic carbocycles. The van der Waals surface area contributed by atoms with Gasteiger partial charge in [-0.2, -0.15) is 5.10 Å². The van der Waals surface area contributed by atoms with E-state index in [-0.39, 0.29) is 29.7 Å².